The summed E-state index contributed by atoms with van der Waals surface area (Å²) in [5.74, 6) is 1.90. The highest BCUT2D eigenvalue weighted by Gasteiger charge is 2.16. The third-order valence-electron chi connectivity index (χ3n) is 9.73. The summed E-state index contributed by atoms with van der Waals surface area (Å²) in [4.78, 5) is 15.2. The SMILES string of the molecule is c1ccc(-c2nc(-c3ccc(-c4ccc5c(c4)oc4ccccc45)cc3)nc(-c3cccc4ccc(-c5ccc6ccccc6c5)cc34)n2)cc1. The van der Waals surface area contributed by atoms with E-state index in [2.05, 4.69) is 127 Å². The molecule has 51 heavy (non-hydrogen) atoms. The van der Waals surface area contributed by atoms with E-state index in [0.29, 0.717) is 17.5 Å². The van der Waals surface area contributed by atoms with E-state index in [0.717, 1.165) is 66.1 Å². The minimum Gasteiger partial charge on any atom is -0.456 e. The number of benzene rings is 8. The maximum absolute atomic E-state index is 6.17. The Kier molecular flexibility index (Phi) is 6.78. The third kappa shape index (κ3) is 5.22. The van der Waals surface area contributed by atoms with Crippen molar-refractivity contribution in [1.82, 2.24) is 15.0 Å². The van der Waals surface area contributed by atoms with Gasteiger partial charge in [-0.3, -0.25) is 0 Å². The van der Waals surface area contributed by atoms with Gasteiger partial charge >= 0.3 is 0 Å². The van der Waals surface area contributed by atoms with Crippen LogP contribution >= 0.6 is 0 Å². The molecule has 0 atom stereocenters. The molecule has 10 aromatic rings. The molecule has 0 aliphatic rings. The normalized spacial score (nSPS) is 11.5. The lowest BCUT2D eigenvalue weighted by atomic mass is 9.96. The summed E-state index contributed by atoms with van der Waals surface area (Å²) in [6, 6.07) is 61.2. The van der Waals surface area contributed by atoms with Crippen molar-refractivity contribution in [3.63, 3.8) is 0 Å². The number of aromatic nitrogens is 3. The van der Waals surface area contributed by atoms with E-state index in [4.69, 9.17) is 19.4 Å². The fraction of sp³-hybridized carbons (Fsp3) is 0. The van der Waals surface area contributed by atoms with Crippen LogP contribution < -0.4 is 0 Å². The summed E-state index contributed by atoms with van der Waals surface area (Å²) < 4.78 is 6.17. The van der Waals surface area contributed by atoms with E-state index >= 15 is 0 Å². The average molecular weight is 652 g/mol. The van der Waals surface area contributed by atoms with Crippen molar-refractivity contribution in [2.24, 2.45) is 0 Å². The highest BCUT2D eigenvalue weighted by molar-refractivity contribution is 6.06. The van der Waals surface area contributed by atoms with Crippen molar-refractivity contribution in [3.05, 3.63) is 176 Å². The zero-order valence-corrected chi connectivity index (χ0v) is 27.5. The molecule has 238 valence electrons. The topological polar surface area (TPSA) is 51.8 Å². The van der Waals surface area contributed by atoms with Crippen LogP contribution in [0.4, 0.5) is 0 Å². The molecule has 0 fully saturated rings. The molecule has 4 heteroatoms. The molecule has 0 spiro atoms. The second-order valence-corrected chi connectivity index (χ2v) is 12.9. The minimum atomic E-state index is 0.626. The third-order valence-corrected chi connectivity index (χ3v) is 9.73. The summed E-state index contributed by atoms with van der Waals surface area (Å²) in [7, 11) is 0. The van der Waals surface area contributed by atoms with E-state index in [1.54, 1.807) is 0 Å². The van der Waals surface area contributed by atoms with E-state index in [9.17, 15) is 0 Å². The van der Waals surface area contributed by atoms with Crippen LogP contribution in [0.3, 0.4) is 0 Å². The molecule has 0 amide bonds. The van der Waals surface area contributed by atoms with Crippen LogP contribution in [0.5, 0.6) is 0 Å². The Bertz CT molecular complexity index is 2910. The molecule has 0 bridgehead atoms. The molecule has 0 unspecified atom stereocenters. The number of fused-ring (bicyclic) bond motifs is 5. The van der Waals surface area contributed by atoms with Crippen LogP contribution in [-0.4, -0.2) is 15.0 Å². The van der Waals surface area contributed by atoms with Crippen LogP contribution in [0.2, 0.25) is 0 Å². The molecule has 8 aromatic carbocycles. The monoisotopic (exact) mass is 651 g/mol. The number of para-hydroxylation sites is 1. The van der Waals surface area contributed by atoms with Crippen LogP contribution in [-0.2, 0) is 0 Å². The molecule has 0 aliphatic carbocycles. The Labute approximate surface area is 294 Å². The van der Waals surface area contributed by atoms with Crippen molar-refractivity contribution in [2.45, 2.75) is 0 Å². The largest absolute Gasteiger partial charge is 0.456 e. The molecule has 4 nitrogen and oxygen atoms in total. The van der Waals surface area contributed by atoms with Gasteiger partial charge < -0.3 is 4.42 Å². The molecule has 0 N–H and O–H groups in total. The predicted molar refractivity (Wildman–Crippen MR) is 209 cm³/mol. The smallest absolute Gasteiger partial charge is 0.164 e. The second kappa shape index (κ2) is 11.9. The Morgan fingerprint density at radius 3 is 1.71 bits per heavy atom. The van der Waals surface area contributed by atoms with Crippen molar-refractivity contribution in [1.29, 1.82) is 0 Å². The van der Waals surface area contributed by atoms with E-state index < -0.39 is 0 Å². The summed E-state index contributed by atoms with van der Waals surface area (Å²) in [5.41, 5.74) is 9.10. The summed E-state index contributed by atoms with van der Waals surface area (Å²) >= 11 is 0. The van der Waals surface area contributed by atoms with E-state index in [-0.39, 0.29) is 0 Å². The first-order valence-corrected chi connectivity index (χ1v) is 17.1. The van der Waals surface area contributed by atoms with Gasteiger partial charge in [0.1, 0.15) is 11.2 Å². The van der Waals surface area contributed by atoms with Crippen LogP contribution in [0.15, 0.2) is 180 Å². The average Bonchev–Trinajstić information content (AvgIpc) is 3.58. The standard InChI is InChI=1S/C47H29N3O/c1-2-10-33(11-3-1)45-48-46(34-21-17-31(18-22-34)38-25-26-40-39-14-6-7-16-43(39)51-44(40)29-38)50-47(49-45)41-15-8-13-32-20-24-37(28-42(32)41)36-23-19-30-9-4-5-12-35(30)27-36/h1-29H. The van der Waals surface area contributed by atoms with Crippen LogP contribution in [0.1, 0.15) is 0 Å². The van der Waals surface area contributed by atoms with Gasteiger partial charge in [-0.15, -0.1) is 0 Å². The Hall–Kier alpha value is -6.91. The Morgan fingerprint density at radius 1 is 0.294 bits per heavy atom. The number of rotatable bonds is 5. The molecular formula is C47H29N3O. The molecule has 2 aromatic heterocycles. The molecule has 0 aliphatic heterocycles. The van der Waals surface area contributed by atoms with Crippen molar-refractivity contribution in [3.8, 4) is 56.4 Å². The quantitative estimate of drug-likeness (QED) is 0.186. The maximum Gasteiger partial charge on any atom is 0.164 e. The van der Waals surface area contributed by atoms with Gasteiger partial charge in [0.2, 0.25) is 0 Å². The first-order chi connectivity index (χ1) is 25.2. The maximum atomic E-state index is 6.17. The number of hydrogen-bond donors (Lipinski definition) is 0. The molecule has 2 heterocycles. The minimum absolute atomic E-state index is 0.626. The number of hydrogen-bond acceptors (Lipinski definition) is 4. The lowest BCUT2D eigenvalue weighted by molar-refractivity contribution is 0.669. The zero-order valence-electron chi connectivity index (χ0n) is 27.5. The van der Waals surface area contributed by atoms with Crippen molar-refractivity contribution >= 4 is 43.5 Å². The highest BCUT2D eigenvalue weighted by Crippen LogP contribution is 2.35. The summed E-state index contributed by atoms with van der Waals surface area (Å²) in [6.07, 6.45) is 0. The molecule has 0 radical (unpaired) electrons. The first-order valence-electron chi connectivity index (χ1n) is 17.1. The fourth-order valence-electron chi connectivity index (χ4n) is 7.08. The van der Waals surface area contributed by atoms with Gasteiger partial charge in [-0.2, -0.15) is 0 Å². The van der Waals surface area contributed by atoms with Gasteiger partial charge in [-0.1, -0.05) is 146 Å². The Morgan fingerprint density at radius 2 is 0.863 bits per heavy atom. The van der Waals surface area contributed by atoms with E-state index in [1.165, 1.54) is 16.3 Å². The molecule has 0 saturated heterocycles. The van der Waals surface area contributed by atoms with Gasteiger partial charge in [0, 0.05) is 27.5 Å². The zero-order chi connectivity index (χ0) is 33.7. The molecule has 10 rings (SSSR count). The van der Waals surface area contributed by atoms with E-state index in [1.807, 2.05) is 48.5 Å². The van der Waals surface area contributed by atoms with Gasteiger partial charge in [0.25, 0.3) is 0 Å². The van der Waals surface area contributed by atoms with Crippen LogP contribution in [0.25, 0.3) is 99.9 Å². The van der Waals surface area contributed by atoms with Gasteiger partial charge in [0.15, 0.2) is 17.5 Å². The first kappa shape index (κ1) is 29.0. The number of nitrogens with zero attached hydrogens (tertiary/aromatic N) is 3. The lowest BCUT2D eigenvalue weighted by Gasteiger charge is -2.12. The van der Waals surface area contributed by atoms with Crippen molar-refractivity contribution < 1.29 is 4.42 Å². The van der Waals surface area contributed by atoms with Crippen LogP contribution in [0, 0.1) is 0 Å². The van der Waals surface area contributed by atoms with Gasteiger partial charge in [-0.05, 0) is 74.1 Å². The molecule has 0 saturated carbocycles. The second-order valence-electron chi connectivity index (χ2n) is 12.9. The molecular weight excluding hydrogens is 623 g/mol. The highest BCUT2D eigenvalue weighted by atomic mass is 16.3. The fourth-order valence-corrected chi connectivity index (χ4v) is 7.08. The van der Waals surface area contributed by atoms with Gasteiger partial charge in [0.05, 0.1) is 0 Å². The van der Waals surface area contributed by atoms with Gasteiger partial charge in [-0.25, -0.2) is 15.0 Å². The predicted octanol–water partition coefficient (Wildman–Crippen LogP) is 12.4. The summed E-state index contributed by atoms with van der Waals surface area (Å²) in [5, 5.41) is 6.93. The van der Waals surface area contributed by atoms with Crippen molar-refractivity contribution in [2.75, 3.05) is 0 Å². The summed E-state index contributed by atoms with van der Waals surface area (Å²) in [6.45, 7) is 0. The lowest BCUT2D eigenvalue weighted by Crippen LogP contribution is -2.00. The number of furan rings is 1. The Balaban J connectivity index is 1.07.